The maximum atomic E-state index is 12.6. The van der Waals surface area contributed by atoms with Gasteiger partial charge in [0.2, 0.25) is 0 Å². The molecule has 0 radical (unpaired) electrons. The van der Waals surface area contributed by atoms with Crippen LogP contribution in [0.2, 0.25) is 0 Å². The molecular weight excluding hydrogens is 352 g/mol. The molecule has 0 bridgehead atoms. The van der Waals surface area contributed by atoms with Crippen LogP contribution in [0.5, 0.6) is 5.75 Å². The maximum absolute atomic E-state index is 12.6. The van der Waals surface area contributed by atoms with Crippen LogP contribution < -0.4 is 0 Å². The van der Waals surface area contributed by atoms with Gasteiger partial charge in [-0.15, -0.1) is 0 Å². The van der Waals surface area contributed by atoms with Gasteiger partial charge in [0, 0.05) is 6.42 Å². The van der Waals surface area contributed by atoms with Crippen molar-refractivity contribution in [2.75, 3.05) is 0 Å². The van der Waals surface area contributed by atoms with Crippen LogP contribution in [0, 0.1) is 6.92 Å². The Morgan fingerprint density at radius 2 is 1.81 bits per heavy atom. The van der Waals surface area contributed by atoms with Crippen molar-refractivity contribution in [2.45, 2.75) is 51.6 Å². The van der Waals surface area contributed by atoms with Gasteiger partial charge >= 0.3 is 5.97 Å². The van der Waals surface area contributed by atoms with E-state index in [1.54, 1.807) is 13.8 Å². The molecule has 0 aromatic heterocycles. The number of hydrogen-bond donors (Lipinski definition) is 4. The van der Waals surface area contributed by atoms with Crippen LogP contribution in [-0.2, 0) is 16.1 Å². The van der Waals surface area contributed by atoms with Crippen molar-refractivity contribution < 1.29 is 34.8 Å². The number of esters is 1. The molecule has 0 saturated carbocycles. The topological polar surface area (TPSA) is 124 Å². The van der Waals surface area contributed by atoms with Gasteiger partial charge in [-0.3, -0.25) is 4.79 Å². The second-order valence-electron chi connectivity index (χ2n) is 6.53. The summed E-state index contributed by atoms with van der Waals surface area (Å²) in [4.78, 5) is 24.4. The average molecular weight is 376 g/mol. The van der Waals surface area contributed by atoms with Gasteiger partial charge in [0.05, 0.1) is 12.7 Å². The predicted molar refractivity (Wildman–Crippen MR) is 98.1 cm³/mol. The van der Waals surface area contributed by atoms with E-state index in [-0.39, 0.29) is 30.8 Å². The third-order valence-electron chi connectivity index (χ3n) is 4.47. The molecule has 1 aliphatic rings. The molecule has 1 aromatic carbocycles. The third-order valence-corrected chi connectivity index (χ3v) is 4.47. The van der Waals surface area contributed by atoms with Crippen molar-refractivity contribution in [3.05, 3.63) is 46.5 Å². The lowest BCUT2D eigenvalue weighted by Crippen LogP contribution is -2.32. The van der Waals surface area contributed by atoms with Crippen molar-refractivity contribution in [2.24, 2.45) is 0 Å². The number of aromatic hydroxyl groups is 1. The maximum Gasteiger partial charge on any atom is 0.342 e. The lowest BCUT2D eigenvalue weighted by molar-refractivity contribution is -0.127. The molecule has 0 saturated heterocycles. The Labute approximate surface area is 157 Å². The van der Waals surface area contributed by atoms with Gasteiger partial charge in [-0.05, 0) is 49.1 Å². The van der Waals surface area contributed by atoms with E-state index in [4.69, 9.17) is 4.74 Å². The summed E-state index contributed by atoms with van der Waals surface area (Å²) >= 11 is 0. The molecule has 0 fully saturated rings. The standard InChI is InChI=1S/C20H24O7/c1-11-5-3-7-15(22)19(25)16(23)8-4-6-14-12(2)13(10-21)9-17(24)18(14)20(26)27-11/h3-4,6-7,9,11,16,19,21,23-25H,5,8,10H2,1-2H3/b6-4+,7-3-/t11-,16-,19+/m0/s1. The minimum atomic E-state index is -1.57. The van der Waals surface area contributed by atoms with Crippen molar-refractivity contribution in [1.29, 1.82) is 0 Å². The smallest absolute Gasteiger partial charge is 0.342 e. The van der Waals surface area contributed by atoms with Gasteiger partial charge in [-0.1, -0.05) is 18.2 Å². The number of benzene rings is 1. The Morgan fingerprint density at radius 3 is 2.48 bits per heavy atom. The number of aliphatic hydroxyl groups excluding tert-OH is 3. The normalized spacial score (nSPS) is 26.6. The third kappa shape index (κ3) is 4.82. The summed E-state index contributed by atoms with van der Waals surface area (Å²) in [5, 5.41) is 39.7. The van der Waals surface area contributed by atoms with E-state index in [1.165, 1.54) is 24.3 Å². The van der Waals surface area contributed by atoms with E-state index in [0.717, 1.165) is 6.08 Å². The summed E-state index contributed by atoms with van der Waals surface area (Å²) < 4.78 is 5.34. The van der Waals surface area contributed by atoms with Crippen LogP contribution in [-0.4, -0.2) is 50.5 Å². The van der Waals surface area contributed by atoms with Crippen molar-refractivity contribution in [1.82, 2.24) is 0 Å². The fourth-order valence-corrected chi connectivity index (χ4v) is 2.84. The Balaban J connectivity index is 2.54. The average Bonchev–Trinajstić information content (AvgIpc) is 2.62. The molecule has 27 heavy (non-hydrogen) atoms. The predicted octanol–water partition coefficient (Wildman–Crippen LogP) is 1.39. The zero-order chi connectivity index (χ0) is 20.1. The molecule has 146 valence electrons. The van der Waals surface area contributed by atoms with Crippen molar-refractivity contribution >= 4 is 17.8 Å². The van der Waals surface area contributed by atoms with Crippen LogP contribution in [0.25, 0.3) is 6.08 Å². The molecule has 7 nitrogen and oxygen atoms in total. The number of phenols is 1. The quantitative estimate of drug-likeness (QED) is 0.546. The summed E-state index contributed by atoms with van der Waals surface area (Å²) in [6, 6.07) is 1.31. The minimum Gasteiger partial charge on any atom is -0.507 e. The van der Waals surface area contributed by atoms with Crippen molar-refractivity contribution in [3.63, 3.8) is 0 Å². The number of fused-ring (bicyclic) bond motifs is 1. The van der Waals surface area contributed by atoms with Gasteiger partial charge in [-0.25, -0.2) is 4.79 Å². The molecule has 0 amide bonds. The molecule has 0 spiro atoms. The molecule has 7 heteroatoms. The number of phenolic OH excluding ortho intramolecular Hbond substituents is 1. The lowest BCUT2D eigenvalue weighted by atomic mass is 9.94. The van der Waals surface area contributed by atoms with Gasteiger partial charge in [0.1, 0.15) is 23.5 Å². The SMILES string of the molecule is Cc1c(CO)cc(O)c2c1/C=C/C[C@H](O)[C@H](O)C(=O)/C=C\C[C@H](C)OC2=O. The molecule has 2 rings (SSSR count). The van der Waals surface area contributed by atoms with Crippen LogP contribution in [0.3, 0.4) is 0 Å². The largest absolute Gasteiger partial charge is 0.507 e. The first kappa shape index (κ1) is 20.8. The minimum absolute atomic E-state index is 0.0417. The number of ketones is 1. The molecule has 3 atom stereocenters. The number of hydrogen-bond acceptors (Lipinski definition) is 7. The summed E-state index contributed by atoms with van der Waals surface area (Å²) in [5.74, 6) is -1.69. The monoisotopic (exact) mass is 376 g/mol. The molecule has 1 aromatic rings. The number of carbonyl (C=O) groups excluding carboxylic acids is 2. The Morgan fingerprint density at radius 1 is 1.15 bits per heavy atom. The number of aliphatic hydroxyl groups is 3. The highest BCUT2D eigenvalue weighted by molar-refractivity contribution is 5.97. The Hall–Kier alpha value is -2.48. The Kier molecular flexibility index (Phi) is 6.90. The molecule has 0 aliphatic carbocycles. The van der Waals surface area contributed by atoms with E-state index < -0.39 is 30.1 Å². The van der Waals surface area contributed by atoms with Gasteiger partial charge in [0.25, 0.3) is 0 Å². The number of carbonyl (C=O) groups is 2. The molecule has 4 N–H and O–H groups in total. The fraction of sp³-hybridized carbons (Fsp3) is 0.400. The van der Waals surface area contributed by atoms with Crippen molar-refractivity contribution in [3.8, 4) is 5.75 Å². The number of ether oxygens (including phenoxy) is 1. The highest BCUT2D eigenvalue weighted by atomic mass is 16.5. The van der Waals surface area contributed by atoms with E-state index >= 15 is 0 Å². The first-order valence-electron chi connectivity index (χ1n) is 8.66. The molecule has 1 heterocycles. The Bertz CT molecular complexity index is 779. The van der Waals surface area contributed by atoms with E-state index in [9.17, 15) is 30.0 Å². The fourth-order valence-electron chi connectivity index (χ4n) is 2.84. The van der Waals surface area contributed by atoms with Crippen LogP contribution in [0.15, 0.2) is 24.3 Å². The highest BCUT2D eigenvalue weighted by Gasteiger charge is 2.24. The second kappa shape index (κ2) is 8.94. The van der Waals surface area contributed by atoms with E-state index in [2.05, 4.69) is 0 Å². The van der Waals surface area contributed by atoms with E-state index in [1.807, 2.05) is 0 Å². The first-order valence-corrected chi connectivity index (χ1v) is 8.66. The van der Waals surface area contributed by atoms with Gasteiger partial charge in [0.15, 0.2) is 5.78 Å². The summed E-state index contributed by atoms with van der Waals surface area (Å²) in [6.45, 7) is 2.99. The second-order valence-corrected chi connectivity index (χ2v) is 6.53. The number of rotatable bonds is 1. The summed E-state index contributed by atoms with van der Waals surface area (Å²) in [7, 11) is 0. The van der Waals surface area contributed by atoms with Crippen LogP contribution >= 0.6 is 0 Å². The van der Waals surface area contributed by atoms with Gasteiger partial charge < -0.3 is 25.2 Å². The van der Waals surface area contributed by atoms with Crippen LogP contribution in [0.4, 0.5) is 0 Å². The molecular formula is C20H24O7. The van der Waals surface area contributed by atoms with E-state index in [0.29, 0.717) is 16.7 Å². The van der Waals surface area contributed by atoms with Crippen LogP contribution in [0.1, 0.15) is 46.8 Å². The zero-order valence-electron chi connectivity index (χ0n) is 15.3. The lowest BCUT2D eigenvalue weighted by Gasteiger charge is -2.18. The number of cyclic esters (lactones) is 1. The zero-order valence-corrected chi connectivity index (χ0v) is 15.3. The molecule has 0 unspecified atom stereocenters. The summed E-state index contributed by atoms with van der Waals surface area (Å²) in [5.41, 5.74) is 1.32. The van der Waals surface area contributed by atoms with Gasteiger partial charge in [-0.2, -0.15) is 0 Å². The summed E-state index contributed by atoms with van der Waals surface area (Å²) in [6.07, 6.45) is 2.30. The first-order chi connectivity index (χ1) is 12.8. The highest BCUT2D eigenvalue weighted by Crippen LogP contribution is 2.30. The molecule has 1 aliphatic heterocycles.